The largest absolute Gasteiger partial charge is 0.350 e. The number of aromatic nitrogens is 3. The molecule has 0 unspecified atom stereocenters. The van der Waals surface area contributed by atoms with Gasteiger partial charge in [0.25, 0.3) is 0 Å². The highest BCUT2D eigenvalue weighted by Gasteiger charge is 2.25. The van der Waals surface area contributed by atoms with Crippen molar-refractivity contribution in [3.8, 4) is 0 Å². The van der Waals surface area contributed by atoms with Crippen molar-refractivity contribution in [3.63, 3.8) is 0 Å². The van der Waals surface area contributed by atoms with Crippen molar-refractivity contribution in [3.05, 3.63) is 48.7 Å². The molecule has 2 N–H and O–H groups in total. The molecule has 0 saturated carbocycles. The normalized spacial score (nSPS) is 16.5. The van der Waals surface area contributed by atoms with Crippen LogP contribution < -0.4 is 10.6 Å². The Morgan fingerprint density at radius 1 is 1.37 bits per heavy atom. The predicted molar refractivity (Wildman–Crippen MR) is 108 cm³/mol. The molecule has 1 aromatic carbocycles. The summed E-state index contributed by atoms with van der Waals surface area (Å²) in [5, 5.41) is 7.35. The van der Waals surface area contributed by atoms with Crippen LogP contribution >= 0.6 is 11.3 Å². The number of carbonyl (C=O) groups excluding carboxylic acids is 1. The van der Waals surface area contributed by atoms with Gasteiger partial charge in [0.2, 0.25) is 11.9 Å². The summed E-state index contributed by atoms with van der Waals surface area (Å²) in [5.41, 5.74) is 2.19. The summed E-state index contributed by atoms with van der Waals surface area (Å²) in [6.45, 7) is 6.95. The molecule has 1 amide bonds. The van der Waals surface area contributed by atoms with Gasteiger partial charge in [0.1, 0.15) is 5.82 Å². The van der Waals surface area contributed by atoms with E-state index in [1.165, 1.54) is 11.6 Å². The Bertz CT molecular complexity index is 1000. The van der Waals surface area contributed by atoms with Crippen molar-refractivity contribution in [1.82, 2.24) is 19.9 Å². The molecule has 1 saturated heterocycles. The average molecular weight is 380 g/mol. The van der Waals surface area contributed by atoms with E-state index in [0.29, 0.717) is 24.9 Å². The van der Waals surface area contributed by atoms with Gasteiger partial charge in [0.05, 0.1) is 10.2 Å². The van der Waals surface area contributed by atoms with Crippen LogP contribution in [0.3, 0.4) is 0 Å². The third-order valence-electron chi connectivity index (χ3n) is 4.44. The van der Waals surface area contributed by atoms with Crippen LogP contribution in [-0.2, 0) is 4.79 Å². The minimum atomic E-state index is -0.0401. The molecule has 0 bridgehead atoms. The Morgan fingerprint density at radius 3 is 3.11 bits per heavy atom. The number of likely N-dealkylation sites (tertiary alicyclic amines) is 1. The van der Waals surface area contributed by atoms with E-state index < -0.39 is 0 Å². The maximum absolute atomic E-state index is 11.7. The van der Waals surface area contributed by atoms with Crippen molar-refractivity contribution < 1.29 is 4.79 Å². The van der Waals surface area contributed by atoms with Gasteiger partial charge in [-0.15, -0.1) is 0 Å². The third kappa shape index (κ3) is 3.90. The van der Waals surface area contributed by atoms with E-state index in [0.717, 1.165) is 21.8 Å². The second kappa shape index (κ2) is 7.32. The zero-order valence-corrected chi connectivity index (χ0v) is 15.8. The summed E-state index contributed by atoms with van der Waals surface area (Å²) in [6, 6.07) is 8.15. The molecule has 8 heteroatoms. The molecule has 2 aromatic heterocycles. The van der Waals surface area contributed by atoms with Crippen LogP contribution in [0.25, 0.3) is 10.2 Å². The van der Waals surface area contributed by atoms with Gasteiger partial charge in [0.15, 0.2) is 5.13 Å². The molecule has 3 aromatic rings. The lowest BCUT2D eigenvalue weighted by atomic mass is 10.2. The van der Waals surface area contributed by atoms with Crippen molar-refractivity contribution in [2.75, 3.05) is 23.7 Å². The van der Waals surface area contributed by atoms with Gasteiger partial charge < -0.3 is 15.5 Å². The summed E-state index contributed by atoms with van der Waals surface area (Å²) >= 11 is 1.59. The Balaban J connectivity index is 1.44. The highest BCUT2D eigenvalue weighted by Crippen LogP contribution is 2.28. The van der Waals surface area contributed by atoms with Crippen molar-refractivity contribution in [2.45, 2.75) is 19.4 Å². The molecule has 1 aliphatic rings. The summed E-state index contributed by atoms with van der Waals surface area (Å²) < 4.78 is 1.14. The highest BCUT2D eigenvalue weighted by molar-refractivity contribution is 7.22. The van der Waals surface area contributed by atoms with E-state index in [2.05, 4.69) is 51.2 Å². The second-order valence-corrected chi connectivity index (χ2v) is 7.53. The molecule has 0 radical (unpaired) electrons. The molecular weight excluding hydrogens is 360 g/mol. The van der Waals surface area contributed by atoms with Crippen LogP contribution in [0.4, 0.5) is 16.9 Å². The zero-order chi connectivity index (χ0) is 18.8. The fourth-order valence-electron chi connectivity index (χ4n) is 3.08. The van der Waals surface area contributed by atoms with Crippen LogP contribution in [0.1, 0.15) is 12.0 Å². The van der Waals surface area contributed by atoms with E-state index in [-0.39, 0.29) is 11.9 Å². The van der Waals surface area contributed by atoms with Gasteiger partial charge in [0, 0.05) is 25.3 Å². The number of nitrogens with zero attached hydrogens (tertiary/aromatic N) is 4. The van der Waals surface area contributed by atoms with Gasteiger partial charge in [-0.25, -0.2) is 9.97 Å². The highest BCUT2D eigenvalue weighted by atomic mass is 32.1. The van der Waals surface area contributed by atoms with Crippen LogP contribution in [0.15, 0.2) is 43.1 Å². The van der Waals surface area contributed by atoms with Gasteiger partial charge in [-0.05, 0) is 43.2 Å². The summed E-state index contributed by atoms with van der Waals surface area (Å²) in [6.07, 6.45) is 3.91. The van der Waals surface area contributed by atoms with Gasteiger partial charge in [-0.3, -0.25) is 4.79 Å². The molecule has 1 fully saturated rings. The van der Waals surface area contributed by atoms with Gasteiger partial charge in [-0.2, -0.15) is 4.98 Å². The Labute approximate surface area is 161 Å². The SMILES string of the molecule is C=CC(=O)N1CC[C@H](Nc2nccc(Nc3nc4ccc(C)cc4s3)n2)C1. The van der Waals surface area contributed by atoms with Crippen LogP contribution in [0.5, 0.6) is 0 Å². The number of hydrogen-bond acceptors (Lipinski definition) is 7. The maximum atomic E-state index is 11.7. The molecule has 7 nitrogen and oxygen atoms in total. The summed E-state index contributed by atoms with van der Waals surface area (Å²) in [4.78, 5) is 26.9. The van der Waals surface area contributed by atoms with E-state index in [9.17, 15) is 4.79 Å². The first-order valence-corrected chi connectivity index (χ1v) is 9.57. The lowest BCUT2D eigenvalue weighted by Crippen LogP contribution is -2.30. The fourth-order valence-corrected chi connectivity index (χ4v) is 4.05. The van der Waals surface area contributed by atoms with Gasteiger partial charge in [-0.1, -0.05) is 24.0 Å². The first-order chi connectivity index (χ1) is 13.1. The molecule has 0 aliphatic carbocycles. The molecule has 0 spiro atoms. The van der Waals surface area contributed by atoms with Crippen LogP contribution in [0.2, 0.25) is 0 Å². The Morgan fingerprint density at radius 2 is 2.26 bits per heavy atom. The van der Waals surface area contributed by atoms with Crippen molar-refractivity contribution >= 4 is 44.4 Å². The average Bonchev–Trinajstić information content (AvgIpc) is 3.27. The monoisotopic (exact) mass is 380 g/mol. The smallest absolute Gasteiger partial charge is 0.246 e. The molecule has 3 heterocycles. The second-order valence-electron chi connectivity index (χ2n) is 6.50. The zero-order valence-electron chi connectivity index (χ0n) is 15.0. The van der Waals surface area contributed by atoms with E-state index in [1.54, 1.807) is 22.4 Å². The number of carbonyl (C=O) groups is 1. The number of anilines is 3. The number of rotatable bonds is 5. The topological polar surface area (TPSA) is 83.0 Å². The number of thiazole rings is 1. The maximum Gasteiger partial charge on any atom is 0.246 e. The van der Waals surface area contributed by atoms with E-state index in [1.807, 2.05) is 12.1 Å². The lowest BCUT2D eigenvalue weighted by molar-refractivity contribution is -0.125. The predicted octanol–water partition coefficient (Wildman–Crippen LogP) is 3.34. The number of amides is 1. The first kappa shape index (κ1) is 17.4. The summed E-state index contributed by atoms with van der Waals surface area (Å²) in [7, 11) is 0. The Kier molecular flexibility index (Phi) is 4.72. The standard InChI is InChI=1S/C19H20N6OS/c1-3-17(26)25-9-7-13(11-25)21-18-20-8-6-16(23-18)24-19-22-14-5-4-12(2)10-15(14)27-19/h3-6,8,10,13H,1,7,9,11H2,2H3,(H2,20,21,22,23,24)/t13-/m0/s1. The minimum absolute atomic E-state index is 0.0401. The van der Waals surface area contributed by atoms with Gasteiger partial charge >= 0.3 is 0 Å². The van der Waals surface area contributed by atoms with E-state index in [4.69, 9.17) is 0 Å². The number of benzene rings is 1. The lowest BCUT2D eigenvalue weighted by Gasteiger charge is -2.15. The molecular formula is C19H20N6OS. The Hall–Kier alpha value is -3.00. The molecule has 27 heavy (non-hydrogen) atoms. The number of nitrogens with one attached hydrogen (secondary N) is 2. The van der Waals surface area contributed by atoms with Crippen molar-refractivity contribution in [1.29, 1.82) is 0 Å². The molecule has 1 atom stereocenters. The minimum Gasteiger partial charge on any atom is -0.350 e. The first-order valence-electron chi connectivity index (χ1n) is 8.76. The number of hydrogen-bond donors (Lipinski definition) is 2. The van der Waals surface area contributed by atoms with Crippen LogP contribution in [0, 0.1) is 6.92 Å². The van der Waals surface area contributed by atoms with E-state index >= 15 is 0 Å². The number of fused-ring (bicyclic) bond motifs is 1. The van der Waals surface area contributed by atoms with Crippen LogP contribution in [-0.4, -0.2) is 44.9 Å². The third-order valence-corrected chi connectivity index (χ3v) is 5.38. The fraction of sp³-hybridized carbons (Fsp3) is 0.263. The van der Waals surface area contributed by atoms with Crippen molar-refractivity contribution in [2.24, 2.45) is 0 Å². The molecule has 138 valence electrons. The quantitative estimate of drug-likeness (QED) is 0.661. The summed E-state index contributed by atoms with van der Waals surface area (Å²) in [5.74, 6) is 1.18. The molecule has 1 aliphatic heterocycles. The molecule has 4 rings (SSSR count). The number of aryl methyl sites for hydroxylation is 1.